The van der Waals surface area contributed by atoms with E-state index < -0.39 is 0 Å². The van der Waals surface area contributed by atoms with Crippen LogP contribution in [0, 0.1) is 6.92 Å². The molecule has 2 aromatic rings. The van der Waals surface area contributed by atoms with Gasteiger partial charge in [-0.1, -0.05) is 24.3 Å². The van der Waals surface area contributed by atoms with Gasteiger partial charge in [-0.05, 0) is 40.9 Å². The van der Waals surface area contributed by atoms with Crippen molar-refractivity contribution in [2.45, 2.75) is 40.1 Å². The van der Waals surface area contributed by atoms with Gasteiger partial charge in [-0.3, -0.25) is 4.68 Å². The highest BCUT2D eigenvalue weighted by Crippen LogP contribution is 2.21. The molecule has 0 amide bonds. The largest absolute Gasteiger partial charge is 0.380 e. The average molecular weight is 352 g/mol. The van der Waals surface area contributed by atoms with E-state index in [1.165, 1.54) is 16.8 Å². The van der Waals surface area contributed by atoms with Gasteiger partial charge in [0.1, 0.15) is 0 Å². The van der Waals surface area contributed by atoms with Crippen molar-refractivity contribution in [3.05, 3.63) is 51.3 Å². The standard InChI is InChI=1S/C16H22BrN3O/c1-4-20-15(16(17)12(2)19-20)10-18-9-13-7-5-6-8-14(13)11-21-3/h5-8,18H,4,9-11H2,1-3H3. The number of halogens is 1. The molecular formula is C16H22BrN3O. The van der Waals surface area contributed by atoms with Crippen molar-refractivity contribution in [3.63, 3.8) is 0 Å². The Hall–Kier alpha value is -1.17. The Bertz CT molecular complexity index is 595. The number of nitrogens with one attached hydrogen (secondary N) is 1. The van der Waals surface area contributed by atoms with E-state index in [9.17, 15) is 0 Å². The third-order valence-corrected chi connectivity index (χ3v) is 4.51. The number of methoxy groups -OCH3 is 1. The molecule has 0 aliphatic heterocycles. The van der Waals surface area contributed by atoms with Crippen LogP contribution in [-0.2, 0) is 31.0 Å². The smallest absolute Gasteiger partial charge is 0.0739 e. The Balaban J connectivity index is 2.02. The van der Waals surface area contributed by atoms with Crippen LogP contribution >= 0.6 is 15.9 Å². The van der Waals surface area contributed by atoms with Gasteiger partial charge in [-0.15, -0.1) is 0 Å². The maximum Gasteiger partial charge on any atom is 0.0739 e. The zero-order chi connectivity index (χ0) is 15.2. The van der Waals surface area contributed by atoms with Gasteiger partial charge in [0.05, 0.1) is 22.5 Å². The molecule has 1 aromatic heterocycles. The van der Waals surface area contributed by atoms with Gasteiger partial charge in [0.15, 0.2) is 0 Å². The topological polar surface area (TPSA) is 39.1 Å². The van der Waals surface area contributed by atoms with Crippen LogP contribution in [0.15, 0.2) is 28.7 Å². The summed E-state index contributed by atoms with van der Waals surface area (Å²) in [5.74, 6) is 0. The number of rotatable bonds is 7. The second-order valence-corrected chi connectivity index (χ2v) is 5.76. The van der Waals surface area contributed by atoms with Crippen molar-refractivity contribution in [2.24, 2.45) is 0 Å². The average Bonchev–Trinajstić information content (AvgIpc) is 2.77. The Kier molecular flexibility index (Phi) is 5.96. The van der Waals surface area contributed by atoms with Crippen molar-refractivity contribution in [2.75, 3.05) is 7.11 Å². The molecular weight excluding hydrogens is 330 g/mol. The van der Waals surface area contributed by atoms with E-state index in [-0.39, 0.29) is 0 Å². The molecule has 0 aliphatic carbocycles. The van der Waals surface area contributed by atoms with E-state index in [0.29, 0.717) is 6.61 Å². The van der Waals surface area contributed by atoms with Gasteiger partial charge >= 0.3 is 0 Å². The number of hydrogen-bond acceptors (Lipinski definition) is 3. The first-order chi connectivity index (χ1) is 10.2. The first-order valence-electron chi connectivity index (χ1n) is 7.15. The van der Waals surface area contributed by atoms with Crippen molar-refractivity contribution >= 4 is 15.9 Å². The normalized spacial score (nSPS) is 11.0. The van der Waals surface area contributed by atoms with Crippen LogP contribution < -0.4 is 5.32 Å². The SMILES string of the molecule is CCn1nc(C)c(Br)c1CNCc1ccccc1COC. The molecule has 0 saturated carbocycles. The van der Waals surface area contributed by atoms with Gasteiger partial charge < -0.3 is 10.1 Å². The molecule has 0 saturated heterocycles. The Morgan fingerprint density at radius 3 is 2.62 bits per heavy atom. The van der Waals surface area contributed by atoms with Gasteiger partial charge in [0.25, 0.3) is 0 Å². The monoisotopic (exact) mass is 351 g/mol. The van der Waals surface area contributed by atoms with Crippen molar-refractivity contribution < 1.29 is 4.74 Å². The molecule has 0 aliphatic rings. The third kappa shape index (κ3) is 3.93. The highest BCUT2D eigenvalue weighted by molar-refractivity contribution is 9.10. The fraction of sp³-hybridized carbons (Fsp3) is 0.438. The van der Waals surface area contributed by atoms with Crippen LogP contribution in [0.1, 0.15) is 29.4 Å². The zero-order valence-corrected chi connectivity index (χ0v) is 14.4. The molecule has 0 unspecified atom stereocenters. The molecule has 5 heteroatoms. The van der Waals surface area contributed by atoms with Crippen LogP contribution in [0.5, 0.6) is 0 Å². The van der Waals surface area contributed by atoms with E-state index in [2.05, 4.69) is 51.5 Å². The van der Waals surface area contributed by atoms with Crippen LogP contribution in [0.25, 0.3) is 0 Å². The fourth-order valence-corrected chi connectivity index (χ4v) is 2.80. The second kappa shape index (κ2) is 7.73. The quantitative estimate of drug-likeness (QED) is 0.830. The number of aryl methyl sites for hydroxylation is 2. The molecule has 0 bridgehead atoms. The lowest BCUT2D eigenvalue weighted by molar-refractivity contribution is 0.184. The molecule has 0 spiro atoms. The van der Waals surface area contributed by atoms with Gasteiger partial charge in [-0.25, -0.2) is 0 Å². The maximum atomic E-state index is 5.24. The first kappa shape index (κ1) is 16.2. The number of nitrogens with zero attached hydrogens (tertiary/aromatic N) is 2. The van der Waals surface area contributed by atoms with Crippen molar-refractivity contribution in [3.8, 4) is 0 Å². The van der Waals surface area contributed by atoms with E-state index in [4.69, 9.17) is 4.74 Å². The maximum absolute atomic E-state index is 5.24. The molecule has 1 N–H and O–H groups in total. The molecule has 0 radical (unpaired) electrons. The lowest BCUT2D eigenvalue weighted by Crippen LogP contribution is -2.17. The summed E-state index contributed by atoms with van der Waals surface area (Å²) in [7, 11) is 1.73. The third-order valence-electron chi connectivity index (χ3n) is 3.48. The Morgan fingerprint density at radius 1 is 1.24 bits per heavy atom. The van der Waals surface area contributed by atoms with Crippen molar-refractivity contribution in [1.82, 2.24) is 15.1 Å². The number of hydrogen-bond donors (Lipinski definition) is 1. The Labute approximate surface area is 134 Å². The number of benzene rings is 1. The molecule has 2 rings (SSSR count). The van der Waals surface area contributed by atoms with Crippen LogP contribution in [0.4, 0.5) is 0 Å². The highest BCUT2D eigenvalue weighted by Gasteiger charge is 2.11. The number of ether oxygens (including phenoxy) is 1. The summed E-state index contributed by atoms with van der Waals surface area (Å²) in [6, 6.07) is 8.35. The molecule has 114 valence electrons. The first-order valence-corrected chi connectivity index (χ1v) is 7.94. The summed E-state index contributed by atoms with van der Waals surface area (Å²) in [5, 5.41) is 8.01. The van der Waals surface area contributed by atoms with Gasteiger partial charge in [0, 0.05) is 26.7 Å². The van der Waals surface area contributed by atoms with Gasteiger partial charge in [0.2, 0.25) is 0 Å². The lowest BCUT2D eigenvalue weighted by atomic mass is 10.1. The van der Waals surface area contributed by atoms with Crippen molar-refractivity contribution in [1.29, 1.82) is 0 Å². The van der Waals surface area contributed by atoms with E-state index >= 15 is 0 Å². The number of aromatic nitrogens is 2. The predicted octanol–water partition coefficient (Wildman–Crippen LogP) is 3.41. The predicted molar refractivity (Wildman–Crippen MR) is 88.0 cm³/mol. The minimum atomic E-state index is 0.646. The van der Waals surface area contributed by atoms with E-state index in [1.54, 1.807) is 7.11 Å². The molecule has 0 fully saturated rings. The molecule has 0 atom stereocenters. The fourth-order valence-electron chi connectivity index (χ4n) is 2.38. The lowest BCUT2D eigenvalue weighted by Gasteiger charge is -2.11. The van der Waals surface area contributed by atoms with E-state index in [1.807, 2.05) is 17.7 Å². The summed E-state index contributed by atoms with van der Waals surface area (Å²) in [6.07, 6.45) is 0. The van der Waals surface area contributed by atoms with Crippen LogP contribution in [0.3, 0.4) is 0 Å². The molecule has 4 nitrogen and oxygen atoms in total. The molecule has 1 aromatic carbocycles. The second-order valence-electron chi connectivity index (χ2n) is 4.97. The summed E-state index contributed by atoms with van der Waals surface area (Å²) < 4.78 is 8.38. The highest BCUT2D eigenvalue weighted by atomic mass is 79.9. The van der Waals surface area contributed by atoms with Gasteiger partial charge in [-0.2, -0.15) is 5.10 Å². The molecule has 21 heavy (non-hydrogen) atoms. The summed E-state index contributed by atoms with van der Waals surface area (Å²) in [5.41, 5.74) is 4.73. The molecule has 1 heterocycles. The minimum absolute atomic E-state index is 0.646. The zero-order valence-electron chi connectivity index (χ0n) is 12.8. The minimum Gasteiger partial charge on any atom is -0.380 e. The van der Waals surface area contributed by atoms with Crippen LogP contribution in [-0.4, -0.2) is 16.9 Å². The van der Waals surface area contributed by atoms with E-state index in [0.717, 1.165) is 29.8 Å². The van der Waals surface area contributed by atoms with Crippen LogP contribution in [0.2, 0.25) is 0 Å². The summed E-state index contributed by atoms with van der Waals surface area (Å²) in [6.45, 7) is 7.26. The Morgan fingerprint density at radius 2 is 1.95 bits per heavy atom. The summed E-state index contributed by atoms with van der Waals surface area (Å²) in [4.78, 5) is 0. The summed E-state index contributed by atoms with van der Waals surface area (Å²) >= 11 is 3.62.